The van der Waals surface area contributed by atoms with Crippen LogP contribution in [-0.2, 0) is 0 Å². The van der Waals surface area contributed by atoms with Crippen LogP contribution in [0.5, 0.6) is 5.75 Å². The van der Waals surface area contributed by atoms with Crippen molar-refractivity contribution in [1.82, 2.24) is 19.6 Å². The van der Waals surface area contributed by atoms with Crippen molar-refractivity contribution < 1.29 is 4.74 Å². The maximum absolute atomic E-state index is 5.22. The molecule has 2 aromatic heterocycles. The Morgan fingerprint density at radius 2 is 2.05 bits per heavy atom. The normalized spacial score (nSPS) is 11.2. The zero-order chi connectivity index (χ0) is 15.1. The molecule has 0 aliphatic rings. The summed E-state index contributed by atoms with van der Waals surface area (Å²) in [6.45, 7) is 2.05. The van der Waals surface area contributed by atoms with Gasteiger partial charge >= 0.3 is 0 Å². The van der Waals surface area contributed by atoms with E-state index in [1.54, 1.807) is 7.11 Å². The summed E-state index contributed by atoms with van der Waals surface area (Å²) in [7, 11) is 1.65. The van der Waals surface area contributed by atoms with E-state index in [4.69, 9.17) is 4.74 Å². The van der Waals surface area contributed by atoms with Crippen molar-refractivity contribution in [2.75, 3.05) is 12.4 Å². The molecule has 6 nitrogen and oxygen atoms in total. The Labute approximate surface area is 126 Å². The van der Waals surface area contributed by atoms with Gasteiger partial charge in [-0.25, -0.2) is 9.50 Å². The number of anilines is 2. The van der Waals surface area contributed by atoms with E-state index in [0.29, 0.717) is 11.7 Å². The van der Waals surface area contributed by atoms with Crippen molar-refractivity contribution in [1.29, 1.82) is 0 Å². The van der Waals surface area contributed by atoms with Crippen LogP contribution in [0.3, 0.4) is 0 Å². The number of rotatable bonds is 3. The third kappa shape index (κ3) is 2.05. The maximum Gasteiger partial charge on any atom is 0.253 e. The molecule has 4 rings (SSSR count). The van der Waals surface area contributed by atoms with Crippen LogP contribution in [0.2, 0.25) is 0 Å². The minimum absolute atomic E-state index is 0.637. The van der Waals surface area contributed by atoms with E-state index in [1.165, 1.54) is 5.56 Å². The predicted octanol–water partition coefficient (Wildman–Crippen LogP) is 3.27. The molecule has 6 heteroatoms. The van der Waals surface area contributed by atoms with Gasteiger partial charge in [0.2, 0.25) is 5.95 Å². The van der Waals surface area contributed by atoms with Crippen LogP contribution in [0.25, 0.3) is 16.8 Å². The summed E-state index contributed by atoms with van der Waals surface area (Å²) < 4.78 is 7.09. The predicted molar refractivity (Wildman–Crippen MR) is 85.9 cm³/mol. The average molecular weight is 293 g/mol. The molecule has 0 bridgehead atoms. The lowest BCUT2D eigenvalue weighted by molar-refractivity contribution is 0.415. The fourth-order valence-corrected chi connectivity index (χ4v) is 2.49. The molecule has 0 radical (unpaired) electrons. The smallest absolute Gasteiger partial charge is 0.253 e. The zero-order valence-corrected chi connectivity index (χ0v) is 12.3. The summed E-state index contributed by atoms with van der Waals surface area (Å²) in [4.78, 5) is 9.00. The van der Waals surface area contributed by atoms with Crippen LogP contribution in [0.1, 0.15) is 5.56 Å². The molecule has 0 amide bonds. The van der Waals surface area contributed by atoms with Crippen molar-refractivity contribution in [2.24, 2.45) is 0 Å². The average Bonchev–Trinajstić information content (AvgIpc) is 3.03. The number of H-pyrrole nitrogens is 1. The second-order valence-electron chi connectivity index (χ2n) is 5.17. The van der Waals surface area contributed by atoms with Crippen molar-refractivity contribution in [3.8, 4) is 5.75 Å². The highest BCUT2D eigenvalue weighted by molar-refractivity contribution is 5.80. The molecule has 2 aromatic carbocycles. The maximum atomic E-state index is 5.22. The summed E-state index contributed by atoms with van der Waals surface area (Å²) in [5.41, 5.74) is 4.03. The Morgan fingerprint density at radius 3 is 2.91 bits per heavy atom. The number of aryl methyl sites for hydroxylation is 1. The molecule has 0 aliphatic carbocycles. The molecule has 110 valence electrons. The molecule has 0 atom stereocenters. The van der Waals surface area contributed by atoms with E-state index in [-0.39, 0.29) is 0 Å². The summed E-state index contributed by atoms with van der Waals surface area (Å²) >= 11 is 0. The first-order valence-corrected chi connectivity index (χ1v) is 6.99. The van der Waals surface area contributed by atoms with Gasteiger partial charge in [0.05, 0.1) is 18.1 Å². The van der Waals surface area contributed by atoms with Crippen LogP contribution in [0.4, 0.5) is 11.6 Å². The summed E-state index contributed by atoms with van der Waals surface area (Å²) in [6.07, 6.45) is 0. The Hall–Kier alpha value is -3.02. The van der Waals surface area contributed by atoms with E-state index in [0.717, 1.165) is 22.5 Å². The summed E-state index contributed by atoms with van der Waals surface area (Å²) in [5.74, 6) is 2.08. The number of aromatic nitrogens is 4. The first kappa shape index (κ1) is 12.7. The van der Waals surface area contributed by atoms with E-state index in [9.17, 15) is 0 Å². The van der Waals surface area contributed by atoms with Gasteiger partial charge in [-0.15, -0.1) is 0 Å². The van der Waals surface area contributed by atoms with Gasteiger partial charge in [-0.1, -0.05) is 12.1 Å². The molecule has 4 aromatic rings. The highest BCUT2D eigenvalue weighted by Crippen LogP contribution is 2.22. The second-order valence-corrected chi connectivity index (χ2v) is 5.17. The van der Waals surface area contributed by atoms with Crippen LogP contribution < -0.4 is 10.1 Å². The number of hydrogen-bond acceptors (Lipinski definition) is 4. The molecule has 2 heterocycles. The second kappa shape index (κ2) is 4.77. The number of nitrogens with one attached hydrogen (secondary N) is 2. The van der Waals surface area contributed by atoms with Gasteiger partial charge in [-0.3, -0.25) is 5.10 Å². The molecule has 0 fully saturated rings. The summed E-state index contributed by atoms with van der Waals surface area (Å²) in [5, 5.41) is 6.44. The number of aromatic amines is 1. The molecular weight excluding hydrogens is 278 g/mol. The largest absolute Gasteiger partial charge is 0.497 e. The van der Waals surface area contributed by atoms with Gasteiger partial charge < -0.3 is 10.1 Å². The molecule has 0 saturated heterocycles. The first-order chi connectivity index (χ1) is 10.7. The fourth-order valence-electron chi connectivity index (χ4n) is 2.49. The minimum atomic E-state index is 0.637. The number of ether oxygens (including phenoxy) is 1. The number of imidazole rings is 1. The number of methoxy groups -OCH3 is 1. The standard InChI is InChI=1S/C16H15N5O/c1-10-6-7-14-13(8-10)18-16-19-15(20-21(14)16)17-11-4-3-5-12(9-11)22-2/h3-9H,1-2H3,(H2,17,18,19,20). The SMILES string of the molecule is COc1cccc(Nc2nc3nc4cc(C)ccc4n3[nH]2)c1. The fraction of sp³-hybridized carbons (Fsp3) is 0.125. The van der Waals surface area contributed by atoms with Gasteiger partial charge in [-0.05, 0) is 36.8 Å². The first-order valence-electron chi connectivity index (χ1n) is 6.99. The molecule has 0 aliphatic heterocycles. The van der Waals surface area contributed by atoms with E-state index < -0.39 is 0 Å². The number of fused-ring (bicyclic) bond motifs is 3. The van der Waals surface area contributed by atoms with Gasteiger partial charge in [0.15, 0.2) is 0 Å². The lowest BCUT2D eigenvalue weighted by Crippen LogP contribution is -1.94. The van der Waals surface area contributed by atoms with Crippen molar-refractivity contribution in [3.63, 3.8) is 0 Å². The Balaban J connectivity index is 1.73. The molecule has 0 unspecified atom stereocenters. The van der Waals surface area contributed by atoms with Crippen LogP contribution in [0, 0.1) is 6.92 Å². The molecule has 22 heavy (non-hydrogen) atoms. The Kier molecular flexibility index (Phi) is 2.75. The minimum Gasteiger partial charge on any atom is -0.497 e. The molecule has 2 N–H and O–H groups in total. The van der Waals surface area contributed by atoms with Gasteiger partial charge in [0.25, 0.3) is 5.78 Å². The van der Waals surface area contributed by atoms with Crippen LogP contribution in [-0.4, -0.2) is 26.7 Å². The molecular formula is C16H15N5O. The lowest BCUT2D eigenvalue weighted by Gasteiger charge is -2.04. The Morgan fingerprint density at radius 1 is 1.14 bits per heavy atom. The number of nitrogens with zero attached hydrogens (tertiary/aromatic N) is 3. The van der Waals surface area contributed by atoms with E-state index >= 15 is 0 Å². The van der Waals surface area contributed by atoms with Gasteiger partial charge in [0, 0.05) is 11.8 Å². The van der Waals surface area contributed by atoms with Gasteiger partial charge in [-0.2, -0.15) is 4.98 Å². The number of hydrogen-bond donors (Lipinski definition) is 2. The monoisotopic (exact) mass is 293 g/mol. The van der Waals surface area contributed by atoms with Crippen molar-refractivity contribution >= 4 is 28.4 Å². The Bertz CT molecular complexity index is 969. The quantitative estimate of drug-likeness (QED) is 0.608. The van der Waals surface area contributed by atoms with E-state index in [2.05, 4.69) is 33.4 Å². The van der Waals surface area contributed by atoms with Gasteiger partial charge in [0.1, 0.15) is 5.75 Å². The third-order valence-corrected chi connectivity index (χ3v) is 3.55. The highest BCUT2D eigenvalue weighted by Gasteiger charge is 2.09. The van der Waals surface area contributed by atoms with Crippen LogP contribution in [0.15, 0.2) is 42.5 Å². The lowest BCUT2D eigenvalue weighted by atomic mass is 10.2. The molecule has 0 saturated carbocycles. The van der Waals surface area contributed by atoms with Crippen molar-refractivity contribution in [2.45, 2.75) is 6.92 Å². The topological polar surface area (TPSA) is 67.2 Å². The van der Waals surface area contributed by atoms with Crippen LogP contribution >= 0.6 is 0 Å². The number of benzene rings is 2. The highest BCUT2D eigenvalue weighted by atomic mass is 16.5. The molecule has 0 spiro atoms. The van der Waals surface area contributed by atoms with Crippen molar-refractivity contribution in [3.05, 3.63) is 48.0 Å². The summed E-state index contributed by atoms with van der Waals surface area (Å²) in [6, 6.07) is 13.8. The zero-order valence-electron chi connectivity index (χ0n) is 12.3. The third-order valence-electron chi connectivity index (χ3n) is 3.55. The van der Waals surface area contributed by atoms with E-state index in [1.807, 2.05) is 40.9 Å².